The number of hydrogen-bond donors (Lipinski definition) is 1. The van der Waals surface area contributed by atoms with Crippen molar-refractivity contribution in [3.05, 3.63) is 35.6 Å². The molecule has 17 heavy (non-hydrogen) atoms. The van der Waals surface area contributed by atoms with Gasteiger partial charge in [-0.2, -0.15) is 0 Å². The lowest BCUT2D eigenvalue weighted by atomic mass is 9.85. The van der Waals surface area contributed by atoms with Crippen LogP contribution in [0, 0.1) is 5.82 Å². The van der Waals surface area contributed by atoms with E-state index in [2.05, 4.69) is 4.90 Å². The lowest BCUT2D eigenvalue weighted by molar-refractivity contribution is -0.0203. The zero-order valence-electron chi connectivity index (χ0n) is 10.9. The molecular weight excluding hydrogens is 217 g/mol. The molecule has 1 aromatic rings. The van der Waals surface area contributed by atoms with E-state index in [1.165, 1.54) is 12.1 Å². The first-order valence-electron chi connectivity index (χ1n) is 6.27. The molecule has 0 spiro atoms. The topological polar surface area (TPSA) is 23.5 Å². The third kappa shape index (κ3) is 3.51. The lowest BCUT2D eigenvalue weighted by Crippen LogP contribution is -2.40. The van der Waals surface area contributed by atoms with Crippen molar-refractivity contribution in [3.63, 3.8) is 0 Å². The van der Waals surface area contributed by atoms with Crippen LogP contribution in [-0.2, 0) is 5.60 Å². The highest BCUT2D eigenvalue weighted by atomic mass is 19.1. The fraction of sp³-hybridized carbons (Fsp3) is 0.571. The van der Waals surface area contributed by atoms with Crippen LogP contribution in [0.4, 0.5) is 4.39 Å². The van der Waals surface area contributed by atoms with E-state index in [0.717, 1.165) is 31.5 Å². The van der Waals surface area contributed by atoms with Gasteiger partial charge in [-0.25, -0.2) is 4.39 Å². The Morgan fingerprint density at radius 3 is 2.06 bits per heavy atom. The minimum absolute atomic E-state index is 0.254. The number of halogens is 1. The second-order valence-electron chi connectivity index (χ2n) is 4.34. The van der Waals surface area contributed by atoms with E-state index in [1.54, 1.807) is 12.1 Å². The largest absolute Gasteiger partial charge is 0.385 e. The zero-order chi connectivity index (χ0) is 12.9. The lowest BCUT2D eigenvalue weighted by Gasteiger charge is -2.36. The van der Waals surface area contributed by atoms with Crippen molar-refractivity contribution in [3.8, 4) is 0 Å². The van der Waals surface area contributed by atoms with E-state index in [0.29, 0.717) is 0 Å². The number of hydrogen-bond acceptors (Lipinski definition) is 2. The van der Waals surface area contributed by atoms with Crippen LogP contribution in [0.2, 0.25) is 0 Å². The molecule has 1 aliphatic rings. The molecule has 1 saturated heterocycles. The van der Waals surface area contributed by atoms with Crippen molar-refractivity contribution in [2.75, 3.05) is 20.1 Å². The van der Waals surface area contributed by atoms with Crippen LogP contribution < -0.4 is 0 Å². The summed E-state index contributed by atoms with van der Waals surface area (Å²) in [4.78, 5) is 2.19. The summed E-state index contributed by atoms with van der Waals surface area (Å²) in [5.74, 6) is -0.254. The van der Waals surface area contributed by atoms with E-state index in [4.69, 9.17) is 0 Å². The molecule has 2 nitrogen and oxygen atoms in total. The van der Waals surface area contributed by atoms with Gasteiger partial charge in [-0.05, 0) is 37.6 Å². The van der Waals surface area contributed by atoms with Gasteiger partial charge in [-0.15, -0.1) is 0 Å². The molecule has 1 N–H and O–H groups in total. The summed E-state index contributed by atoms with van der Waals surface area (Å²) in [6.45, 7) is 5.77. The normalized spacial score (nSPS) is 19.4. The van der Waals surface area contributed by atoms with Gasteiger partial charge in [0.05, 0.1) is 5.60 Å². The molecule has 2 rings (SSSR count). The van der Waals surface area contributed by atoms with Crippen molar-refractivity contribution in [2.45, 2.75) is 32.3 Å². The predicted octanol–water partition coefficient (Wildman–Crippen LogP) is 2.77. The molecule has 96 valence electrons. The SMILES string of the molecule is CC.CN1CCC(O)(c2ccc(F)cc2)CC1. The molecule has 3 heteroatoms. The van der Waals surface area contributed by atoms with E-state index in [9.17, 15) is 9.50 Å². The van der Waals surface area contributed by atoms with Crippen LogP contribution in [0.3, 0.4) is 0 Å². The van der Waals surface area contributed by atoms with Crippen LogP contribution in [0.5, 0.6) is 0 Å². The van der Waals surface area contributed by atoms with Gasteiger partial charge in [0.25, 0.3) is 0 Å². The number of rotatable bonds is 1. The molecular formula is C14H22FNO. The Balaban J connectivity index is 0.000000686. The molecule has 1 aromatic carbocycles. The third-order valence-corrected chi connectivity index (χ3v) is 3.20. The molecule has 1 aliphatic heterocycles. The third-order valence-electron chi connectivity index (χ3n) is 3.20. The summed E-state index contributed by atoms with van der Waals surface area (Å²) < 4.78 is 12.8. The van der Waals surface area contributed by atoms with Gasteiger partial charge >= 0.3 is 0 Å². The van der Waals surface area contributed by atoms with Gasteiger partial charge in [0.2, 0.25) is 0 Å². The van der Waals surface area contributed by atoms with Crippen LogP contribution in [0.1, 0.15) is 32.3 Å². The van der Waals surface area contributed by atoms with Crippen LogP contribution in [-0.4, -0.2) is 30.1 Å². The molecule has 1 heterocycles. The highest BCUT2D eigenvalue weighted by Gasteiger charge is 2.32. The number of nitrogens with zero attached hydrogens (tertiary/aromatic N) is 1. The molecule has 0 radical (unpaired) electrons. The van der Waals surface area contributed by atoms with Crippen LogP contribution >= 0.6 is 0 Å². The van der Waals surface area contributed by atoms with Gasteiger partial charge < -0.3 is 10.0 Å². The Labute approximate surface area is 103 Å². The molecule has 0 saturated carbocycles. The smallest absolute Gasteiger partial charge is 0.123 e. The Morgan fingerprint density at radius 1 is 1.12 bits per heavy atom. The van der Waals surface area contributed by atoms with E-state index in [-0.39, 0.29) is 5.82 Å². The molecule has 0 aromatic heterocycles. The zero-order valence-corrected chi connectivity index (χ0v) is 10.9. The molecule has 0 aliphatic carbocycles. The van der Waals surface area contributed by atoms with E-state index >= 15 is 0 Å². The van der Waals surface area contributed by atoms with Gasteiger partial charge in [0.1, 0.15) is 5.82 Å². The monoisotopic (exact) mass is 239 g/mol. The summed E-state index contributed by atoms with van der Waals surface area (Å²) in [6, 6.07) is 6.18. The number of benzene rings is 1. The average molecular weight is 239 g/mol. The molecule has 0 bridgehead atoms. The standard InChI is InChI=1S/C12H16FNO.C2H6/c1-14-8-6-12(15,7-9-14)10-2-4-11(13)5-3-10;1-2/h2-5,15H,6-9H2,1H3;1-2H3. The van der Waals surface area contributed by atoms with E-state index < -0.39 is 5.60 Å². The first kappa shape index (κ1) is 14.1. The molecule has 1 fully saturated rings. The van der Waals surface area contributed by atoms with Gasteiger partial charge in [-0.1, -0.05) is 26.0 Å². The number of aliphatic hydroxyl groups is 1. The maximum absolute atomic E-state index is 12.8. The summed E-state index contributed by atoms with van der Waals surface area (Å²) in [7, 11) is 2.05. The fourth-order valence-electron chi connectivity index (χ4n) is 2.04. The number of piperidine rings is 1. The van der Waals surface area contributed by atoms with Crippen molar-refractivity contribution in [1.82, 2.24) is 4.90 Å². The Bertz CT molecular complexity index is 329. The molecule has 0 amide bonds. The Hall–Kier alpha value is -0.930. The molecule has 0 atom stereocenters. The summed E-state index contributed by atoms with van der Waals surface area (Å²) in [6.07, 6.45) is 1.43. The molecule has 0 unspecified atom stereocenters. The van der Waals surface area contributed by atoms with Crippen molar-refractivity contribution < 1.29 is 9.50 Å². The fourth-order valence-corrected chi connectivity index (χ4v) is 2.04. The first-order valence-corrected chi connectivity index (χ1v) is 6.27. The van der Waals surface area contributed by atoms with Crippen molar-refractivity contribution >= 4 is 0 Å². The van der Waals surface area contributed by atoms with Crippen molar-refractivity contribution in [1.29, 1.82) is 0 Å². The number of likely N-dealkylation sites (tertiary alicyclic amines) is 1. The van der Waals surface area contributed by atoms with E-state index in [1.807, 2.05) is 20.9 Å². The van der Waals surface area contributed by atoms with Crippen LogP contribution in [0.25, 0.3) is 0 Å². The quantitative estimate of drug-likeness (QED) is 0.814. The second-order valence-corrected chi connectivity index (χ2v) is 4.34. The summed E-state index contributed by atoms with van der Waals surface area (Å²) in [5.41, 5.74) is 0.0669. The first-order chi connectivity index (χ1) is 8.10. The minimum Gasteiger partial charge on any atom is -0.385 e. The van der Waals surface area contributed by atoms with Gasteiger partial charge in [0.15, 0.2) is 0 Å². The average Bonchev–Trinajstić information content (AvgIpc) is 2.36. The highest BCUT2D eigenvalue weighted by molar-refractivity contribution is 5.23. The second kappa shape index (κ2) is 6.12. The van der Waals surface area contributed by atoms with Crippen molar-refractivity contribution in [2.24, 2.45) is 0 Å². The summed E-state index contributed by atoms with van der Waals surface area (Å²) in [5, 5.41) is 10.4. The maximum atomic E-state index is 12.8. The predicted molar refractivity (Wildman–Crippen MR) is 68.4 cm³/mol. The Morgan fingerprint density at radius 2 is 1.59 bits per heavy atom. The van der Waals surface area contributed by atoms with Gasteiger partial charge in [-0.3, -0.25) is 0 Å². The highest BCUT2D eigenvalue weighted by Crippen LogP contribution is 2.32. The van der Waals surface area contributed by atoms with Crippen LogP contribution in [0.15, 0.2) is 24.3 Å². The Kier molecular flexibility index (Phi) is 5.09. The van der Waals surface area contributed by atoms with Gasteiger partial charge in [0, 0.05) is 13.1 Å². The maximum Gasteiger partial charge on any atom is 0.123 e. The minimum atomic E-state index is -0.764. The summed E-state index contributed by atoms with van der Waals surface area (Å²) >= 11 is 0.